The highest BCUT2D eigenvalue weighted by Crippen LogP contribution is 2.29. The summed E-state index contributed by atoms with van der Waals surface area (Å²) in [5.41, 5.74) is 0. The Kier molecular flexibility index (Phi) is 5.48. The minimum atomic E-state index is -4.02. The van der Waals surface area contributed by atoms with Crippen LogP contribution in [0.5, 0.6) is 5.75 Å². The van der Waals surface area contributed by atoms with Crippen molar-refractivity contribution in [2.75, 3.05) is 13.2 Å². The molecule has 0 saturated carbocycles. The standard InChI is InChI=1S/C11H9Cl2NO4S/c1-2-5-14-11(15)7-18-9-4-3-8(12)6-10(9)19(13,16)17/h1,3-4,6H,5,7H2,(H,14,15). The molecule has 0 aliphatic rings. The quantitative estimate of drug-likeness (QED) is 0.657. The van der Waals surface area contributed by atoms with Gasteiger partial charge in [0.15, 0.2) is 6.61 Å². The third-order valence-corrected chi connectivity index (χ3v) is 3.49. The van der Waals surface area contributed by atoms with Crippen molar-refractivity contribution in [2.45, 2.75) is 4.90 Å². The number of hydrogen-bond donors (Lipinski definition) is 1. The Morgan fingerprint density at radius 2 is 2.16 bits per heavy atom. The zero-order chi connectivity index (χ0) is 14.5. The maximum atomic E-state index is 11.3. The number of hydrogen-bond acceptors (Lipinski definition) is 4. The highest BCUT2D eigenvalue weighted by molar-refractivity contribution is 8.13. The second-order valence-electron chi connectivity index (χ2n) is 3.30. The summed E-state index contributed by atoms with van der Waals surface area (Å²) >= 11 is 5.67. The lowest BCUT2D eigenvalue weighted by molar-refractivity contribution is -0.122. The van der Waals surface area contributed by atoms with Gasteiger partial charge in [0.05, 0.1) is 6.54 Å². The Hall–Kier alpha value is -1.42. The van der Waals surface area contributed by atoms with Gasteiger partial charge >= 0.3 is 0 Å². The van der Waals surface area contributed by atoms with Crippen LogP contribution >= 0.6 is 22.3 Å². The Bertz CT molecular complexity index is 622. The predicted molar refractivity (Wildman–Crippen MR) is 71.8 cm³/mol. The van der Waals surface area contributed by atoms with E-state index in [0.29, 0.717) is 0 Å². The fourth-order valence-electron chi connectivity index (χ4n) is 1.14. The van der Waals surface area contributed by atoms with Crippen molar-refractivity contribution in [1.29, 1.82) is 0 Å². The molecule has 0 radical (unpaired) electrons. The lowest BCUT2D eigenvalue weighted by Gasteiger charge is -2.09. The van der Waals surface area contributed by atoms with E-state index in [0.717, 1.165) is 6.07 Å². The summed E-state index contributed by atoms with van der Waals surface area (Å²) in [5.74, 6) is 1.68. The fraction of sp³-hybridized carbons (Fsp3) is 0.182. The first-order valence-corrected chi connectivity index (χ1v) is 7.60. The molecule has 102 valence electrons. The predicted octanol–water partition coefficient (Wildman–Crippen LogP) is 1.40. The van der Waals surface area contributed by atoms with Gasteiger partial charge in [0.25, 0.3) is 15.0 Å². The van der Waals surface area contributed by atoms with Gasteiger partial charge in [-0.25, -0.2) is 8.42 Å². The molecule has 19 heavy (non-hydrogen) atoms. The smallest absolute Gasteiger partial charge is 0.265 e. The average molecular weight is 322 g/mol. The molecule has 0 aliphatic heterocycles. The molecule has 1 N–H and O–H groups in total. The van der Waals surface area contributed by atoms with Crippen LogP contribution in [-0.4, -0.2) is 27.5 Å². The average Bonchev–Trinajstić information content (AvgIpc) is 2.33. The summed E-state index contributed by atoms with van der Waals surface area (Å²) in [6.45, 7) is -0.327. The van der Waals surface area contributed by atoms with Crippen molar-refractivity contribution in [3.8, 4) is 18.1 Å². The largest absolute Gasteiger partial charge is 0.482 e. The van der Waals surface area contributed by atoms with E-state index in [4.69, 9.17) is 33.4 Å². The van der Waals surface area contributed by atoms with Crippen molar-refractivity contribution in [1.82, 2.24) is 5.32 Å². The van der Waals surface area contributed by atoms with Crippen molar-refractivity contribution in [3.63, 3.8) is 0 Å². The van der Waals surface area contributed by atoms with Gasteiger partial charge in [-0.3, -0.25) is 4.79 Å². The van der Waals surface area contributed by atoms with Crippen molar-refractivity contribution < 1.29 is 17.9 Å². The zero-order valence-corrected chi connectivity index (χ0v) is 11.8. The number of carbonyl (C=O) groups is 1. The molecule has 1 rings (SSSR count). The summed E-state index contributed by atoms with van der Waals surface area (Å²) in [5, 5.41) is 2.55. The van der Waals surface area contributed by atoms with E-state index in [9.17, 15) is 13.2 Å². The van der Waals surface area contributed by atoms with Crippen LogP contribution in [0.4, 0.5) is 0 Å². The van der Waals surface area contributed by atoms with Gasteiger partial charge in [-0.2, -0.15) is 0 Å². The number of terminal acetylenes is 1. The molecule has 0 fully saturated rings. The molecule has 0 aliphatic carbocycles. The molecule has 1 aromatic rings. The van der Waals surface area contributed by atoms with E-state index < -0.39 is 15.0 Å². The zero-order valence-electron chi connectivity index (χ0n) is 9.52. The van der Waals surface area contributed by atoms with Crippen LogP contribution < -0.4 is 10.1 Å². The van der Waals surface area contributed by atoms with Crippen LogP contribution in [0.2, 0.25) is 5.02 Å². The Balaban J connectivity index is 2.85. The number of benzene rings is 1. The van der Waals surface area contributed by atoms with Gasteiger partial charge in [-0.15, -0.1) is 6.42 Å². The lowest BCUT2D eigenvalue weighted by atomic mass is 10.3. The number of nitrogens with one attached hydrogen (secondary N) is 1. The Morgan fingerprint density at radius 1 is 1.47 bits per heavy atom. The summed E-state index contributed by atoms with van der Waals surface area (Å²) in [4.78, 5) is 11.0. The molecular formula is C11H9Cl2NO4S. The van der Waals surface area contributed by atoms with Crippen molar-refractivity contribution in [2.24, 2.45) is 0 Å². The molecule has 0 atom stereocenters. The molecule has 8 heteroatoms. The van der Waals surface area contributed by atoms with E-state index in [1.54, 1.807) is 0 Å². The monoisotopic (exact) mass is 321 g/mol. The molecule has 0 heterocycles. The molecular weight excluding hydrogens is 313 g/mol. The van der Waals surface area contributed by atoms with Crippen LogP contribution in [-0.2, 0) is 13.8 Å². The van der Waals surface area contributed by atoms with Crippen LogP contribution in [0, 0.1) is 12.3 Å². The van der Waals surface area contributed by atoms with Gasteiger partial charge in [-0.05, 0) is 18.2 Å². The molecule has 0 unspecified atom stereocenters. The van der Waals surface area contributed by atoms with Gasteiger partial charge in [0, 0.05) is 15.7 Å². The number of carbonyl (C=O) groups excluding carboxylic acids is 1. The molecule has 1 amide bonds. The van der Waals surface area contributed by atoms with E-state index in [2.05, 4.69) is 11.2 Å². The number of ether oxygens (including phenoxy) is 1. The Labute approximate surface area is 120 Å². The number of rotatable bonds is 5. The second-order valence-corrected chi connectivity index (χ2v) is 6.27. The number of halogens is 2. The van der Waals surface area contributed by atoms with Gasteiger partial charge in [0.2, 0.25) is 0 Å². The molecule has 0 bridgehead atoms. The Morgan fingerprint density at radius 3 is 2.74 bits per heavy atom. The maximum absolute atomic E-state index is 11.3. The van der Waals surface area contributed by atoms with Crippen molar-refractivity contribution >= 4 is 37.2 Å². The molecule has 0 aromatic heterocycles. The maximum Gasteiger partial charge on any atom is 0.265 e. The van der Waals surface area contributed by atoms with Gasteiger partial charge in [-0.1, -0.05) is 17.5 Å². The summed E-state index contributed by atoms with van der Waals surface area (Å²) in [6, 6.07) is 3.87. The second kappa shape index (κ2) is 6.66. The first-order chi connectivity index (χ1) is 8.84. The minimum Gasteiger partial charge on any atom is -0.482 e. The summed E-state index contributed by atoms with van der Waals surface area (Å²) in [6.07, 6.45) is 4.96. The van der Waals surface area contributed by atoms with Gasteiger partial charge < -0.3 is 10.1 Å². The highest BCUT2D eigenvalue weighted by Gasteiger charge is 2.18. The normalized spacial score (nSPS) is 10.6. The van der Waals surface area contributed by atoms with Gasteiger partial charge in [0.1, 0.15) is 10.6 Å². The van der Waals surface area contributed by atoms with Crippen molar-refractivity contribution in [3.05, 3.63) is 23.2 Å². The van der Waals surface area contributed by atoms with Crippen LogP contribution in [0.3, 0.4) is 0 Å². The van der Waals surface area contributed by atoms with E-state index >= 15 is 0 Å². The molecule has 0 spiro atoms. The number of amides is 1. The van der Waals surface area contributed by atoms with Crippen LogP contribution in [0.15, 0.2) is 23.1 Å². The van der Waals surface area contributed by atoms with Crippen LogP contribution in [0.1, 0.15) is 0 Å². The fourth-order valence-corrected chi connectivity index (χ4v) is 2.37. The molecule has 1 aromatic carbocycles. The first-order valence-electron chi connectivity index (χ1n) is 4.92. The minimum absolute atomic E-state index is 0.0590. The van der Waals surface area contributed by atoms with E-state index in [1.807, 2.05) is 0 Å². The molecule has 5 nitrogen and oxygen atoms in total. The third-order valence-electron chi connectivity index (χ3n) is 1.91. The first kappa shape index (κ1) is 15.6. The molecule has 0 saturated heterocycles. The summed E-state index contributed by atoms with van der Waals surface area (Å²) < 4.78 is 27.7. The topological polar surface area (TPSA) is 72.5 Å². The van der Waals surface area contributed by atoms with Crippen LogP contribution in [0.25, 0.3) is 0 Å². The van der Waals surface area contributed by atoms with E-state index in [-0.39, 0.29) is 28.8 Å². The lowest BCUT2D eigenvalue weighted by Crippen LogP contribution is -2.29. The van der Waals surface area contributed by atoms with E-state index in [1.165, 1.54) is 12.1 Å². The SMILES string of the molecule is C#CCNC(=O)COc1ccc(Cl)cc1S(=O)(=O)Cl. The highest BCUT2D eigenvalue weighted by atomic mass is 35.7. The third kappa shape index (κ3) is 4.99. The summed E-state index contributed by atoms with van der Waals surface area (Å²) in [7, 11) is 1.22.